The van der Waals surface area contributed by atoms with E-state index in [0.29, 0.717) is 6.54 Å². The third-order valence-electron chi connectivity index (χ3n) is 3.27. The minimum atomic E-state index is -0.634. The first-order chi connectivity index (χ1) is 7.68. The van der Waals surface area contributed by atoms with Crippen molar-refractivity contribution < 1.29 is 5.11 Å². The van der Waals surface area contributed by atoms with Gasteiger partial charge >= 0.3 is 0 Å². The summed E-state index contributed by atoms with van der Waals surface area (Å²) in [7, 11) is 0. The van der Waals surface area contributed by atoms with Crippen molar-refractivity contribution in [2.75, 3.05) is 0 Å². The van der Waals surface area contributed by atoms with E-state index in [0.717, 1.165) is 29.3 Å². The lowest BCUT2D eigenvalue weighted by atomic mass is 9.80. The van der Waals surface area contributed by atoms with Gasteiger partial charge in [0.1, 0.15) is 0 Å². The van der Waals surface area contributed by atoms with Crippen LogP contribution >= 0.6 is 11.5 Å². The van der Waals surface area contributed by atoms with Gasteiger partial charge in [0.2, 0.25) is 0 Å². The Morgan fingerprint density at radius 2 is 2.12 bits per heavy atom. The molecule has 1 heterocycles. The second-order valence-corrected chi connectivity index (χ2v) is 5.57. The predicted molar refractivity (Wildman–Crippen MR) is 64.9 cm³/mol. The number of aliphatic hydroxyl groups is 1. The second kappa shape index (κ2) is 3.43. The lowest BCUT2D eigenvalue weighted by molar-refractivity contribution is -0.0456. The van der Waals surface area contributed by atoms with Crippen molar-refractivity contribution in [3.05, 3.63) is 34.6 Å². The van der Waals surface area contributed by atoms with Crippen LogP contribution in [0, 0.1) is 0 Å². The van der Waals surface area contributed by atoms with Gasteiger partial charge in [0.25, 0.3) is 5.56 Å². The number of hydrogen-bond acceptors (Lipinski definition) is 3. The maximum absolute atomic E-state index is 12.0. The van der Waals surface area contributed by atoms with Gasteiger partial charge in [-0.15, -0.1) is 0 Å². The molecule has 4 heteroatoms. The van der Waals surface area contributed by atoms with Crippen molar-refractivity contribution in [1.82, 2.24) is 3.96 Å². The molecule has 0 radical (unpaired) electrons. The molecule has 0 atom stereocenters. The van der Waals surface area contributed by atoms with E-state index in [9.17, 15) is 9.90 Å². The van der Waals surface area contributed by atoms with Gasteiger partial charge in [-0.05, 0) is 31.4 Å². The van der Waals surface area contributed by atoms with Crippen LogP contribution in [0.3, 0.4) is 0 Å². The third-order valence-corrected chi connectivity index (χ3v) is 4.34. The normalized spacial score (nSPS) is 18.6. The molecule has 2 aromatic rings. The summed E-state index contributed by atoms with van der Waals surface area (Å²) in [4.78, 5) is 12.0. The highest BCUT2D eigenvalue weighted by molar-refractivity contribution is 7.13. The SMILES string of the molecule is O=c1c2ccccc2sn1CC1(O)CCC1. The maximum atomic E-state index is 12.0. The van der Waals surface area contributed by atoms with Crippen LogP contribution in [-0.2, 0) is 6.54 Å². The van der Waals surface area contributed by atoms with Crippen LogP contribution in [0.2, 0.25) is 0 Å². The fourth-order valence-corrected chi connectivity index (χ4v) is 3.25. The number of nitrogens with zero attached hydrogens (tertiary/aromatic N) is 1. The van der Waals surface area contributed by atoms with E-state index in [2.05, 4.69) is 0 Å². The van der Waals surface area contributed by atoms with Crippen LogP contribution < -0.4 is 5.56 Å². The molecule has 1 N–H and O–H groups in total. The van der Waals surface area contributed by atoms with Gasteiger partial charge in [-0.2, -0.15) is 0 Å². The Kier molecular flexibility index (Phi) is 2.16. The summed E-state index contributed by atoms with van der Waals surface area (Å²) in [6.07, 6.45) is 2.69. The Hall–Kier alpha value is -1.13. The van der Waals surface area contributed by atoms with Crippen molar-refractivity contribution in [1.29, 1.82) is 0 Å². The topological polar surface area (TPSA) is 42.2 Å². The van der Waals surface area contributed by atoms with Gasteiger partial charge in [-0.1, -0.05) is 23.7 Å². The molecule has 1 saturated carbocycles. The van der Waals surface area contributed by atoms with Gasteiger partial charge in [0.05, 0.1) is 22.2 Å². The molecule has 16 heavy (non-hydrogen) atoms. The van der Waals surface area contributed by atoms with Gasteiger partial charge in [-0.3, -0.25) is 8.75 Å². The van der Waals surface area contributed by atoms with E-state index in [4.69, 9.17) is 0 Å². The molecule has 0 bridgehead atoms. The van der Waals surface area contributed by atoms with Crippen molar-refractivity contribution in [3.8, 4) is 0 Å². The van der Waals surface area contributed by atoms with Crippen LogP contribution in [0.4, 0.5) is 0 Å². The number of benzene rings is 1. The molecule has 3 nitrogen and oxygen atoms in total. The first-order valence-corrected chi connectivity index (χ1v) is 6.27. The summed E-state index contributed by atoms with van der Waals surface area (Å²) >= 11 is 1.44. The molecule has 1 aromatic carbocycles. The Morgan fingerprint density at radius 3 is 2.75 bits per heavy atom. The highest BCUT2D eigenvalue weighted by Crippen LogP contribution is 2.33. The molecular weight excluding hydrogens is 222 g/mol. The highest BCUT2D eigenvalue weighted by atomic mass is 32.1. The van der Waals surface area contributed by atoms with E-state index in [-0.39, 0.29) is 5.56 Å². The quantitative estimate of drug-likeness (QED) is 0.864. The number of hydrogen-bond donors (Lipinski definition) is 1. The summed E-state index contributed by atoms with van der Waals surface area (Å²) < 4.78 is 2.68. The average Bonchev–Trinajstić information content (AvgIpc) is 2.55. The first-order valence-electron chi connectivity index (χ1n) is 5.49. The molecular formula is C12H13NO2S. The maximum Gasteiger partial charge on any atom is 0.268 e. The number of rotatable bonds is 2. The first kappa shape index (κ1) is 10.1. The predicted octanol–water partition coefficient (Wildman–Crippen LogP) is 1.98. The molecule has 1 aliphatic carbocycles. The minimum absolute atomic E-state index is 0.0286. The fraction of sp³-hybridized carbons (Fsp3) is 0.417. The number of aromatic nitrogens is 1. The Balaban J connectivity index is 2.04. The summed E-state index contributed by atoms with van der Waals surface area (Å²) in [6.45, 7) is 0.450. The lowest BCUT2D eigenvalue weighted by Gasteiger charge is -2.36. The molecule has 1 aliphatic rings. The zero-order chi connectivity index (χ0) is 11.2. The van der Waals surface area contributed by atoms with Crippen molar-refractivity contribution >= 4 is 21.6 Å². The van der Waals surface area contributed by atoms with Gasteiger partial charge < -0.3 is 5.11 Å². The van der Waals surface area contributed by atoms with Crippen LogP contribution in [0.15, 0.2) is 29.1 Å². The van der Waals surface area contributed by atoms with E-state index in [1.807, 2.05) is 24.3 Å². The van der Waals surface area contributed by atoms with Crippen LogP contribution in [0.1, 0.15) is 19.3 Å². The van der Waals surface area contributed by atoms with Gasteiger partial charge in [0, 0.05) is 0 Å². The van der Waals surface area contributed by atoms with Crippen molar-refractivity contribution in [2.24, 2.45) is 0 Å². The summed E-state index contributed by atoms with van der Waals surface area (Å²) in [6, 6.07) is 7.59. The van der Waals surface area contributed by atoms with Crippen molar-refractivity contribution in [2.45, 2.75) is 31.4 Å². The monoisotopic (exact) mass is 235 g/mol. The smallest absolute Gasteiger partial charge is 0.268 e. The van der Waals surface area contributed by atoms with Crippen molar-refractivity contribution in [3.63, 3.8) is 0 Å². The summed E-state index contributed by atoms with van der Waals surface area (Å²) in [5.74, 6) is 0. The standard InChI is InChI=1S/C12H13NO2S/c14-11-9-4-1-2-5-10(9)16-13(11)8-12(15)6-3-7-12/h1-2,4-5,15H,3,6-8H2. The minimum Gasteiger partial charge on any atom is -0.388 e. The molecule has 84 valence electrons. The Labute approximate surface area is 97.1 Å². The molecule has 1 fully saturated rings. The lowest BCUT2D eigenvalue weighted by Crippen LogP contribution is -2.42. The molecule has 0 amide bonds. The van der Waals surface area contributed by atoms with Crippen LogP contribution in [0.25, 0.3) is 10.1 Å². The Morgan fingerprint density at radius 1 is 1.38 bits per heavy atom. The average molecular weight is 235 g/mol. The third kappa shape index (κ3) is 1.49. The second-order valence-electron chi connectivity index (χ2n) is 4.51. The largest absolute Gasteiger partial charge is 0.388 e. The van der Waals surface area contributed by atoms with E-state index < -0.39 is 5.60 Å². The summed E-state index contributed by atoms with van der Waals surface area (Å²) in [5.41, 5.74) is -0.606. The van der Waals surface area contributed by atoms with Gasteiger partial charge in [0.15, 0.2) is 0 Å². The zero-order valence-corrected chi connectivity index (χ0v) is 9.67. The molecule has 0 aliphatic heterocycles. The van der Waals surface area contributed by atoms with E-state index in [1.54, 1.807) is 3.96 Å². The molecule has 1 aromatic heterocycles. The molecule has 0 spiro atoms. The van der Waals surface area contributed by atoms with Crippen LogP contribution in [-0.4, -0.2) is 14.7 Å². The molecule has 0 saturated heterocycles. The number of fused-ring (bicyclic) bond motifs is 1. The van der Waals surface area contributed by atoms with E-state index in [1.165, 1.54) is 11.5 Å². The zero-order valence-electron chi connectivity index (χ0n) is 8.85. The van der Waals surface area contributed by atoms with Gasteiger partial charge in [-0.25, -0.2) is 0 Å². The molecule has 3 rings (SSSR count). The van der Waals surface area contributed by atoms with Crippen LogP contribution in [0.5, 0.6) is 0 Å². The highest BCUT2D eigenvalue weighted by Gasteiger charge is 2.35. The van der Waals surface area contributed by atoms with E-state index >= 15 is 0 Å². The molecule has 0 unspecified atom stereocenters. The summed E-state index contributed by atoms with van der Waals surface area (Å²) in [5, 5.41) is 10.8. The fourth-order valence-electron chi connectivity index (χ4n) is 2.13. The Bertz CT molecular complexity index is 580.